The first kappa shape index (κ1) is 18.5. The summed E-state index contributed by atoms with van der Waals surface area (Å²) in [7, 11) is 0. The SMILES string of the molecule is CC[C@H](C)c1ccccc1OC[C@@H](O)CN[C@H](C)c1ccccc1. The number of aliphatic hydroxyl groups is 1. The lowest BCUT2D eigenvalue weighted by molar-refractivity contribution is 0.103. The Bertz CT molecular complexity index is 600. The molecule has 0 spiro atoms. The molecule has 2 aromatic rings. The summed E-state index contributed by atoms with van der Waals surface area (Å²) in [6, 6.07) is 18.5. The molecule has 0 saturated heterocycles. The van der Waals surface area contributed by atoms with Crippen molar-refractivity contribution >= 4 is 0 Å². The second-order valence-electron chi connectivity index (χ2n) is 6.35. The number of hydrogen-bond acceptors (Lipinski definition) is 3. The van der Waals surface area contributed by atoms with E-state index in [0.29, 0.717) is 19.1 Å². The van der Waals surface area contributed by atoms with Crippen molar-refractivity contribution in [3.8, 4) is 5.75 Å². The van der Waals surface area contributed by atoms with Gasteiger partial charge < -0.3 is 15.2 Å². The Morgan fingerprint density at radius 3 is 2.38 bits per heavy atom. The van der Waals surface area contributed by atoms with Gasteiger partial charge in [0.1, 0.15) is 18.5 Å². The highest BCUT2D eigenvalue weighted by Crippen LogP contribution is 2.28. The first-order valence-electron chi connectivity index (χ1n) is 8.80. The summed E-state index contributed by atoms with van der Waals surface area (Å²) in [6.45, 7) is 7.26. The van der Waals surface area contributed by atoms with Gasteiger partial charge in [-0.1, -0.05) is 62.4 Å². The summed E-state index contributed by atoms with van der Waals surface area (Å²) in [5.74, 6) is 1.33. The van der Waals surface area contributed by atoms with Crippen LogP contribution in [0.2, 0.25) is 0 Å². The predicted molar refractivity (Wildman–Crippen MR) is 99.5 cm³/mol. The molecule has 0 aliphatic rings. The van der Waals surface area contributed by atoms with Gasteiger partial charge in [-0.2, -0.15) is 0 Å². The van der Waals surface area contributed by atoms with Crippen LogP contribution in [0.15, 0.2) is 54.6 Å². The van der Waals surface area contributed by atoms with Crippen LogP contribution in [0.25, 0.3) is 0 Å². The molecule has 2 N–H and O–H groups in total. The fourth-order valence-corrected chi connectivity index (χ4v) is 2.66. The Morgan fingerprint density at radius 2 is 1.67 bits per heavy atom. The predicted octanol–water partition coefficient (Wildman–Crippen LogP) is 4.29. The molecule has 24 heavy (non-hydrogen) atoms. The standard InChI is InChI=1S/C21H29NO2/c1-4-16(2)20-12-8-9-13-21(20)24-15-19(23)14-22-17(3)18-10-6-5-7-11-18/h5-13,16-17,19,22-23H,4,14-15H2,1-3H3/t16-,17+,19-/m0/s1. The van der Waals surface area contributed by atoms with Crippen molar-refractivity contribution in [2.75, 3.05) is 13.2 Å². The molecule has 2 aromatic carbocycles. The molecule has 0 aromatic heterocycles. The molecule has 130 valence electrons. The maximum atomic E-state index is 10.2. The number of rotatable bonds is 9. The van der Waals surface area contributed by atoms with Crippen molar-refractivity contribution < 1.29 is 9.84 Å². The van der Waals surface area contributed by atoms with Gasteiger partial charge in [-0.05, 0) is 36.5 Å². The minimum atomic E-state index is -0.541. The second kappa shape index (κ2) is 9.45. The van der Waals surface area contributed by atoms with Crippen LogP contribution in [-0.4, -0.2) is 24.4 Å². The summed E-state index contributed by atoms with van der Waals surface area (Å²) in [5, 5.41) is 13.6. The highest BCUT2D eigenvalue weighted by Gasteiger charge is 2.12. The van der Waals surface area contributed by atoms with E-state index in [-0.39, 0.29) is 6.04 Å². The highest BCUT2D eigenvalue weighted by atomic mass is 16.5. The molecule has 0 bridgehead atoms. The van der Waals surface area contributed by atoms with E-state index in [1.165, 1.54) is 11.1 Å². The number of nitrogens with one attached hydrogen (secondary N) is 1. The molecule has 3 heteroatoms. The number of ether oxygens (including phenoxy) is 1. The van der Waals surface area contributed by atoms with Gasteiger partial charge in [-0.3, -0.25) is 0 Å². The first-order chi connectivity index (χ1) is 11.6. The lowest BCUT2D eigenvalue weighted by Crippen LogP contribution is -2.33. The van der Waals surface area contributed by atoms with E-state index < -0.39 is 6.10 Å². The molecular weight excluding hydrogens is 298 g/mol. The molecule has 3 atom stereocenters. The first-order valence-corrected chi connectivity index (χ1v) is 8.80. The normalized spacial score (nSPS) is 14.8. The van der Waals surface area contributed by atoms with Crippen molar-refractivity contribution in [3.63, 3.8) is 0 Å². The zero-order valence-corrected chi connectivity index (χ0v) is 14.9. The number of hydrogen-bond donors (Lipinski definition) is 2. The van der Waals surface area contributed by atoms with Crippen LogP contribution in [0.5, 0.6) is 5.75 Å². The lowest BCUT2D eigenvalue weighted by atomic mass is 9.98. The third-order valence-electron chi connectivity index (χ3n) is 4.45. The van der Waals surface area contributed by atoms with Gasteiger partial charge in [0, 0.05) is 12.6 Å². The third kappa shape index (κ3) is 5.36. The second-order valence-corrected chi connectivity index (χ2v) is 6.35. The monoisotopic (exact) mass is 327 g/mol. The maximum Gasteiger partial charge on any atom is 0.122 e. The molecule has 0 heterocycles. The zero-order valence-electron chi connectivity index (χ0n) is 14.9. The van der Waals surface area contributed by atoms with Gasteiger partial charge in [-0.15, -0.1) is 0 Å². The molecule has 0 aliphatic heterocycles. The topological polar surface area (TPSA) is 41.5 Å². The fourth-order valence-electron chi connectivity index (χ4n) is 2.66. The van der Waals surface area contributed by atoms with Gasteiger partial charge in [0.05, 0.1) is 0 Å². The van der Waals surface area contributed by atoms with Crippen molar-refractivity contribution in [1.29, 1.82) is 0 Å². The van der Waals surface area contributed by atoms with Crippen LogP contribution < -0.4 is 10.1 Å². The number of para-hydroxylation sites is 1. The fraction of sp³-hybridized carbons (Fsp3) is 0.429. The average Bonchev–Trinajstić information content (AvgIpc) is 2.64. The van der Waals surface area contributed by atoms with Crippen LogP contribution in [0.1, 0.15) is 50.3 Å². The van der Waals surface area contributed by atoms with Gasteiger partial charge in [-0.25, -0.2) is 0 Å². The third-order valence-corrected chi connectivity index (χ3v) is 4.45. The minimum Gasteiger partial charge on any atom is -0.491 e. The molecule has 0 fully saturated rings. The van der Waals surface area contributed by atoms with E-state index in [9.17, 15) is 5.11 Å². The van der Waals surface area contributed by atoms with E-state index in [2.05, 4.69) is 44.3 Å². The molecule has 2 rings (SSSR count). The molecule has 0 amide bonds. The summed E-state index contributed by atoms with van der Waals surface area (Å²) >= 11 is 0. The number of aliphatic hydroxyl groups excluding tert-OH is 1. The van der Waals surface area contributed by atoms with Crippen molar-refractivity contribution in [2.24, 2.45) is 0 Å². The Balaban J connectivity index is 1.82. The van der Waals surface area contributed by atoms with Gasteiger partial charge in [0.15, 0.2) is 0 Å². The highest BCUT2D eigenvalue weighted by molar-refractivity contribution is 5.35. The smallest absolute Gasteiger partial charge is 0.122 e. The minimum absolute atomic E-state index is 0.202. The molecule has 0 saturated carbocycles. The van der Waals surface area contributed by atoms with E-state index in [4.69, 9.17) is 4.74 Å². The molecule has 0 aliphatic carbocycles. The van der Waals surface area contributed by atoms with Crippen molar-refractivity contribution in [2.45, 2.75) is 45.3 Å². The Hall–Kier alpha value is -1.84. The Morgan fingerprint density at radius 1 is 1.00 bits per heavy atom. The van der Waals surface area contributed by atoms with Crippen LogP contribution in [0, 0.1) is 0 Å². The van der Waals surface area contributed by atoms with E-state index in [1.807, 2.05) is 36.4 Å². The van der Waals surface area contributed by atoms with Crippen molar-refractivity contribution in [1.82, 2.24) is 5.32 Å². The average molecular weight is 327 g/mol. The molecular formula is C21H29NO2. The molecule has 3 nitrogen and oxygen atoms in total. The van der Waals surface area contributed by atoms with E-state index in [0.717, 1.165) is 12.2 Å². The summed E-state index contributed by atoms with van der Waals surface area (Å²) in [4.78, 5) is 0. The zero-order chi connectivity index (χ0) is 17.4. The van der Waals surface area contributed by atoms with Crippen LogP contribution in [0.3, 0.4) is 0 Å². The largest absolute Gasteiger partial charge is 0.491 e. The maximum absolute atomic E-state index is 10.2. The van der Waals surface area contributed by atoms with Crippen molar-refractivity contribution in [3.05, 3.63) is 65.7 Å². The van der Waals surface area contributed by atoms with Gasteiger partial charge in [0.2, 0.25) is 0 Å². The quantitative estimate of drug-likeness (QED) is 0.722. The lowest BCUT2D eigenvalue weighted by Gasteiger charge is -2.20. The van der Waals surface area contributed by atoms with Gasteiger partial charge in [0.25, 0.3) is 0 Å². The van der Waals surface area contributed by atoms with Crippen LogP contribution in [-0.2, 0) is 0 Å². The van der Waals surface area contributed by atoms with Crippen LogP contribution in [0.4, 0.5) is 0 Å². The van der Waals surface area contributed by atoms with Crippen LogP contribution >= 0.6 is 0 Å². The Kier molecular flexibility index (Phi) is 7.29. The summed E-state index contributed by atoms with van der Waals surface area (Å²) in [6.07, 6.45) is 0.528. The summed E-state index contributed by atoms with van der Waals surface area (Å²) < 4.78 is 5.87. The Labute approximate surface area is 145 Å². The van der Waals surface area contributed by atoms with Gasteiger partial charge >= 0.3 is 0 Å². The molecule has 0 unspecified atom stereocenters. The molecule has 0 radical (unpaired) electrons. The van der Waals surface area contributed by atoms with E-state index in [1.54, 1.807) is 0 Å². The summed E-state index contributed by atoms with van der Waals surface area (Å²) in [5.41, 5.74) is 2.42. The number of benzene rings is 2. The van der Waals surface area contributed by atoms with E-state index >= 15 is 0 Å².